The van der Waals surface area contributed by atoms with Gasteiger partial charge in [-0.3, -0.25) is 0 Å². The third-order valence-electron chi connectivity index (χ3n) is 5.26. The number of aromatic nitrogens is 1. The van der Waals surface area contributed by atoms with E-state index in [9.17, 15) is 0 Å². The normalized spacial score (nSPS) is 26.7. The zero-order valence-electron chi connectivity index (χ0n) is 14.8. The molecule has 2 saturated heterocycles. The Morgan fingerprint density at radius 1 is 1.36 bits per heavy atom. The van der Waals surface area contributed by atoms with Crippen molar-refractivity contribution in [2.24, 2.45) is 0 Å². The van der Waals surface area contributed by atoms with E-state index in [1.807, 2.05) is 6.92 Å². The molecule has 0 bridgehead atoms. The van der Waals surface area contributed by atoms with Gasteiger partial charge in [0, 0.05) is 31.4 Å². The lowest BCUT2D eigenvalue weighted by atomic mass is 9.98. The first-order valence-corrected chi connectivity index (χ1v) is 10.0. The molecule has 0 amide bonds. The first kappa shape index (κ1) is 17.2. The molecule has 0 aliphatic carbocycles. The summed E-state index contributed by atoms with van der Waals surface area (Å²) in [6, 6.07) is 10.7. The highest BCUT2D eigenvalue weighted by Gasteiger charge is 2.45. The number of hydrogen-bond donors (Lipinski definition) is 0. The Morgan fingerprint density at radius 2 is 2.24 bits per heavy atom. The van der Waals surface area contributed by atoms with Gasteiger partial charge in [0.1, 0.15) is 0 Å². The van der Waals surface area contributed by atoms with Crippen LogP contribution in [0.4, 0.5) is 0 Å². The molecule has 1 spiro atoms. The second kappa shape index (κ2) is 7.54. The van der Waals surface area contributed by atoms with Gasteiger partial charge >= 0.3 is 0 Å². The van der Waals surface area contributed by atoms with E-state index in [1.165, 1.54) is 5.56 Å². The second-order valence-electron chi connectivity index (χ2n) is 7.25. The highest BCUT2D eigenvalue weighted by molar-refractivity contribution is 7.09. The Labute approximate surface area is 153 Å². The van der Waals surface area contributed by atoms with Gasteiger partial charge in [-0.25, -0.2) is 4.98 Å². The van der Waals surface area contributed by atoms with Gasteiger partial charge in [0.25, 0.3) is 0 Å². The van der Waals surface area contributed by atoms with E-state index < -0.39 is 0 Å². The molecule has 2 atom stereocenters. The maximum Gasteiger partial charge on any atom is 0.0901 e. The van der Waals surface area contributed by atoms with Gasteiger partial charge < -0.3 is 14.4 Å². The second-order valence-corrected chi connectivity index (χ2v) is 8.31. The van der Waals surface area contributed by atoms with Crippen molar-refractivity contribution in [2.75, 3.05) is 26.2 Å². The Morgan fingerprint density at radius 3 is 3.04 bits per heavy atom. The quantitative estimate of drug-likeness (QED) is 0.792. The molecule has 0 saturated carbocycles. The summed E-state index contributed by atoms with van der Waals surface area (Å²) < 4.78 is 12.3. The number of thiazole rings is 1. The Kier molecular flexibility index (Phi) is 5.17. The van der Waals surface area contributed by atoms with Crippen molar-refractivity contribution in [1.29, 1.82) is 0 Å². The first-order chi connectivity index (χ1) is 12.2. The maximum absolute atomic E-state index is 6.21. The molecule has 0 unspecified atom stereocenters. The summed E-state index contributed by atoms with van der Waals surface area (Å²) in [6.07, 6.45) is 3.45. The predicted octanol–water partition coefficient (Wildman–Crippen LogP) is 3.44. The molecule has 4 nitrogen and oxygen atoms in total. The monoisotopic (exact) mass is 358 g/mol. The Hall–Kier alpha value is -1.27. The van der Waals surface area contributed by atoms with Crippen LogP contribution in [0.3, 0.4) is 0 Å². The van der Waals surface area contributed by atoms with Gasteiger partial charge in [-0.15, -0.1) is 11.3 Å². The van der Waals surface area contributed by atoms with Crippen LogP contribution in [0.25, 0.3) is 0 Å². The number of hydrogen-bond acceptors (Lipinski definition) is 5. The van der Waals surface area contributed by atoms with E-state index in [0.717, 1.165) is 56.2 Å². The molecule has 2 fully saturated rings. The molecule has 1 aromatic heterocycles. The molecule has 2 aliphatic heterocycles. The summed E-state index contributed by atoms with van der Waals surface area (Å²) in [4.78, 5) is 7.01. The van der Waals surface area contributed by atoms with E-state index in [0.29, 0.717) is 6.61 Å². The Bertz CT molecular complexity index is 690. The molecule has 2 aliphatic rings. The van der Waals surface area contributed by atoms with E-state index in [4.69, 9.17) is 9.47 Å². The van der Waals surface area contributed by atoms with Crippen LogP contribution in [0.15, 0.2) is 35.7 Å². The molecule has 134 valence electrons. The van der Waals surface area contributed by atoms with Crippen LogP contribution < -0.4 is 0 Å². The molecule has 0 N–H and O–H groups in total. The van der Waals surface area contributed by atoms with Crippen molar-refractivity contribution in [3.8, 4) is 0 Å². The topological polar surface area (TPSA) is 34.6 Å². The molecule has 2 aromatic rings. The van der Waals surface area contributed by atoms with Crippen LogP contribution >= 0.6 is 11.3 Å². The first-order valence-electron chi connectivity index (χ1n) is 9.14. The highest BCUT2D eigenvalue weighted by atomic mass is 32.1. The van der Waals surface area contributed by atoms with E-state index in [2.05, 4.69) is 45.6 Å². The molecule has 25 heavy (non-hydrogen) atoms. The van der Waals surface area contributed by atoms with Crippen molar-refractivity contribution in [3.05, 3.63) is 52.0 Å². The van der Waals surface area contributed by atoms with Gasteiger partial charge in [-0.1, -0.05) is 30.3 Å². The van der Waals surface area contributed by atoms with Crippen LogP contribution in [0.1, 0.15) is 29.1 Å². The van der Waals surface area contributed by atoms with Crippen LogP contribution in [0.2, 0.25) is 0 Å². The number of nitrogens with zero attached hydrogens (tertiary/aromatic N) is 2. The van der Waals surface area contributed by atoms with E-state index in [1.54, 1.807) is 11.3 Å². The molecule has 1 aromatic carbocycles. The van der Waals surface area contributed by atoms with Gasteiger partial charge in [-0.2, -0.15) is 0 Å². The van der Waals surface area contributed by atoms with E-state index in [-0.39, 0.29) is 11.7 Å². The fraction of sp³-hybridized carbons (Fsp3) is 0.550. The number of likely N-dealkylation sites (tertiary alicyclic amines) is 1. The number of benzene rings is 1. The standard InChI is InChI=1S/C20H26N2O2S/c1-16-21-18(14-25-16)12-23-19-11-20(24-13-19)8-10-22(15-20)9-7-17-5-3-2-4-6-17/h2-6,14,19H,7-13,15H2,1H3/t19-,20-/m0/s1. The Balaban J connectivity index is 1.23. The summed E-state index contributed by atoms with van der Waals surface area (Å²) in [6.45, 7) is 6.63. The zero-order valence-corrected chi connectivity index (χ0v) is 15.6. The van der Waals surface area contributed by atoms with Crippen LogP contribution in [0, 0.1) is 6.92 Å². The highest BCUT2D eigenvalue weighted by Crippen LogP contribution is 2.36. The lowest BCUT2D eigenvalue weighted by Crippen LogP contribution is -2.33. The van der Waals surface area contributed by atoms with Gasteiger partial charge in [0.05, 0.1) is 35.6 Å². The van der Waals surface area contributed by atoms with Crippen molar-refractivity contribution >= 4 is 11.3 Å². The molecular formula is C20H26N2O2S. The van der Waals surface area contributed by atoms with Crippen LogP contribution in [-0.4, -0.2) is 47.8 Å². The van der Waals surface area contributed by atoms with E-state index >= 15 is 0 Å². The smallest absolute Gasteiger partial charge is 0.0901 e. The fourth-order valence-corrected chi connectivity index (χ4v) is 4.52. The molecular weight excluding hydrogens is 332 g/mol. The fourth-order valence-electron chi connectivity index (χ4n) is 3.92. The zero-order chi connectivity index (χ0) is 17.1. The van der Waals surface area contributed by atoms with Gasteiger partial charge in [-0.05, 0) is 25.3 Å². The minimum atomic E-state index is 0.0132. The minimum absolute atomic E-state index is 0.0132. The molecule has 5 heteroatoms. The largest absolute Gasteiger partial charge is 0.371 e. The summed E-state index contributed by atoms with van der Waals surface area (Å²) >= 11 is 1.68. The summed E-state index contributed by atoms with van der Waals surface area (Å²) in [5.74, 6) is 0. The molecule has 4 rings (SSSR count). The third-order valence-corrected chi connectivity index (χ3v) is 6.09. The van der Waals surface area contributed by atoms with Gasteiger partial charge in [0.15, 0.2) is 0 Å². The maximum atomic E-state index is 6.21. The minimum Gasteiger partial charge on any atom is -0.371 e. The summed E-state index contributed by atoms with van der Waals surface area (Å²) in [7, 11) is 0. The predicted molar refractivity (Wildman–Crippen MR) is 99.9 cm³/mol. The average Bonchev–Trinajstić information content (AvgIpc) is 3.34. The molecule has 3 heterocycles. The van der Waals surface area contributed by atoms with Crippen LogP contribution in [-0.2, 0) is 22.5 Å². The van der Waals surface area contributed by atoms with Crippen LogP contribution in [0.5, 0.6) is 0 Å². The number of ether oxygens (including phenoxy) is 2. The number of aryl methyl sites for hydroxylation is 1. The van der Waals surface area contributed by atoms with Crippen molar-refractivity contribution in [3.63, 3.8) is 0 Å². The lowest BCUT2D eigenvalue weighted by Gasteiger charge is -2.23. The van der Waals surface area contributed by atoms with Gasteiger partial charge in [0.2, 0.25) is 0 Å². The van der Waals surface area contributed by atoms with Crippen molar-refractivity contribution in [1.82, 2.24) is 9.88 Å². The summed E-state index contributed by atoms with van der Waals surface area (Å²) in [5.41, 5.74) is 2.47. The summed E-state index contributed by atoms with van der Waals surface area (Å²) in [5, 5.41) is 3.18. The average molecular weight is 359 g/mol. The number of rotatable bonds is 6. The third kappa shape index (κ3) is 4.29. The molecule has 0 radical (unpaired) electrons. The van der Waals surface area contributed by atoms with Crippen molar-refractivity contribution in [2.45, 2.75) is 44.5 Å². The lowest BCUT2D eigenvalue weighted by molar-refractivity contribution is -0.000345. The van der Waals surface area contributed by atoms with Crippen molar-refractivity contribution < 1.29 is 9.47 Å². The SMILES string of the molecule is Cc1nc(CO[C@@H]2CO[C@@]3(CCN(CCc4ccccc4)C3)C2)cs1.